The smallest absolute Gasteiger partial charge is 0.309 e. The van der Waals surface area contributed by atoms with E-state index in [1.54, 1.807) is 11.8 Å². The highest BCUT2D eigenvalue weighted by atomic mass is 32.2. The van der Waals surface area contributed by atoms with E-state index < -0.39 is 11.2 Å². The molecule has 1 heterocycles. The zero-order valence-corrected chi connectivity index (χ0v) is 10.5. The van der Waals surface area contributed by atoms with Crippen molar-refractivity contribution in [1.82, 2.24) is 0 Å². The second-order valence-corrected chi connectivity index (χ2v) is 6.25. The predicted octanol–water partition coefficient (Wildman–Crippen LogP) is 1.98. The number of esters is 1. The fraction of sp³-hybridized carbons (Fsp3) is 0.909. The van der Waals surface area contributed by atoms with E-state index in [-0.39, 0.29) is 12.4 Å². The quantitative estimate of drug-likeness (QED) is 0.739. The number of carbonyl (C=O) groups is 1. The van der Waals surface area contributed by atoms with Crippen LogP contribution >= 0.6 is 11.8 Å². The molecule has 1 saturated heterocycles. The number of hydrogen-bond donors (Lipinski definition) is 1. The molecule has 1 aliphatic rings. The van der Waals surface area contributed by atoms with Gasteiger partial charge in [0.15, 0.2) is 0 Å². The molecule has 1 aliphatic heterocycles. The molecule has 1 fully saturated rings. The van der Waals surface area contributed by atoms with Crippen LogP contribution < -0.4 is 0 Å². The highest BCUT2D eigenvalue weighted by Crippen LogP contribution is 2.30. The number of carbonyl (C=O) groups excluding carboxylic acids is 1. The Bertz CT molecular complexity index is 226. The molecule has 15 heavy (non-hydrogen) atoms. The Hall–Kier alpha value is -0.220. The molecule has 1 N–H and O–H groups in total. The van der Waals surface area contributed by atoms with E-state index in [0.29, 0.717) is 12.2 Å². The lowest BCUT2D eigenvalue weighted by atomic mass is 9.96. The van der Waals surface area contributed by atoms with Crippen molar-refractivity contribution >= 4 is 17.7 Å². The molecule has 0 saturated carbocycles. The van der Waals surface area contributed by atoms with Crippen LogP contribution in [-0.2, 0) is 9.53 Å². The first kappa shape index (κ1) is 12.8. The molecule has 88 valence electrons. The largest absolute Gasteiger partial charge is 0.460 e. The zero-order valence-electron chi connectivity index (χ0n) is 9.71. The van der Waals surface area contributed by atoms with Gasteiger partial charge in [0.2, 0.25) is 0 Å². The summed E-state index contributed by atoms with van der Waals surface area (Å²) >= 11 is 1.70. The summed E-state index contributed by atoms with van der Waals surface area (Å²) in [5.41, 5.74) is -1.31. The van der Waals surface area contributed by atoms with Crippen LogP contribution in [0.5, 0.6) is 0 Å². The zero-order chi connectivity index (χ0) is 11.5. The van der Waals surface area contributed by atoms with E-state index in [1.807, 2.05) is 20.8 Å². The number of hydrogen-bond acceptors (Lipinski definition) is 4. The van der Waals surface area contributed by atoms with Gasteiger partial charge >= 0.3 is 5.97 Å². The minimum atomic E-state index is -0.842. The van der Waals surface area contributed by atoms with Crippen molar-refractivity contribution in [1.29, 1.82) is 0 Å². The van der Waals surface area contributed by atoms with Crippen LogP contribution in [0.15, 0.2) is 0 Å². The van der Waals surface area contributed by atoms with E-state index in [0.717, 1.165) is 12.2 Å². The molecule has 0 aliphatic carbocycles. The molecular formula is C11H20O3S. The standard InChI is InChI=1S/C11H20O3S/c1-10(2,3)14-9(12)7-11(13)5-4-6-15-8-11/h13H,4-8H2,1-3H3. The van der Waals surface area contributed by atoms with Crippen LogP contribution in [-0.4, -0.2) is 33.8 Å². The first-order valence-electron chi connectivity index (χ1n) is 5.33. The minimum absolute atomic E-state index is 0.122. The normalized spacial score (nSPS) is 27.5. The lowest BCUT2D eigenvalue weighted by Crippen LogP contribution is -2.39. The van der Waals surface area contributed by atoms with Crippen LogP contribution in [0.3, 0.4) is 0 Å². The summed E-state index contributed by atoms with van der Waals surface area (Å²) in [6.07, 6.45) is 1.81. The molecule has 1 unspecified atom stereocenters. The summed E-state index contributed by atoms with van der Waals surface area (Å²) in [7, 11) is 0. The van der Waals surface area contributed by atoms with E-state index in [9.17, 15) is 9.90 Å². The Morgan fingerprint density at radius 3 is 2.67 bits per heavy atom. The van der Waals surface area contributed by atoms with Gasteiger partial charge in [-0.2, -0.15) is 11.8 Å². The summed E-state index contributed by atoms with van der Waals surface area (Å²) in [6, 6.07) is 0. The molecule has 0 amide bonds. The summed E-state index contributed by atoms with van der Waals surface area (Å²) < 4.78 is 5.20. The maximum Gasteiger partial charge on any atom is 0.309 e. The average molecular weight is 232 g/mol. The van der Waals surface area contributed by atoms with Gasteiger partial charge in [0.1, 0.15) is 5.60 Å². The van der Waals surface area contributed by atoms with Crippen molar-refractivity contribution in [2.45, 2.75) is 51.2 Å². The van der Waals surface area contributed by atoms with E-state index in [4.69, 9.17) is 4.74 Å². The van der Waals surface area contributed by atoms with Gasteiger partial charge in [-0.25, -0.2) is 0 Å². The van der Waals surface area contributed by atoms with Crippen molar-refractivity contribution in [3.05, 3.63) is 0 Å². The van der Waals surface area contributed by atoms with Crippen molar-refractivity contribution in [3.8, 4) is 0 Å². The van der Waals surface area contributed by atoms with Crippen LogP contribution in [0.2, 0.25) is 0 Å². The fourth-order valence-electron chi connectivity index (χ4n) is 1.62. The van der Waals surface area contributed by atoms with Crippen molar-refractivity contribution < 1.29 is 14.6 Å². The Morgan fingerprint density at radius 1 is 1.53 bits per heavy atom. The SMILES string of the molecule is CC(C)(C)OC(=O)CC1(O)CCCSC1. The maximum absolute atomic E-state index is 11.5. The van der Waals surface area contributed by atoms with Crippen LogP contribution in [0.4, 0.5) is 0 Å². The van der Waals surface area contributed by atoms with Gasteiger partial charge in [-0.15, -0.1) is 0 Å². The van der Waals surface area contributed by atoms with E-state index in [2.05, 4.69) is 0 Å². The second kappa shape index (κ2) is 4.74. The Kier molecular flexibility index (Phi) is 4.06. The summed E-state index contributed by atoms with van der Waals surface area (Å²) in [4.78, 5) is 11.5. The number of ether oxygens (including phenoxy) is 1. The average Bonchev–Trinajstić information content (AvgIpc) is 1.99. The van der Waals surface area contributed by atoms with Crippen LogP contribution in [0, 0.1) is 0 Å². The third-order valence-electron chi connectivity index (χ3n) is 2.19. The number of aliphatic hydroxyl groups is 1. The van der Waals surface area contributed by atoms with Gasteiger partial charge in [-0.3, -0.25) is 4.79 Å². The topological polar surface area (TPSA) is 46.5 Å². The Balaban J connectivity index is 2.42. The summed E-state index contributed by atoms with van der Waals surface area (Å²) in [5.74, 6) is 1.43. The maximum atomic E-state index is 11.5. The Labute approximate surface area is 95.6 Å². The highest BCUT2D eigenvalue weighted by Gasteiger charge is 2.33. The fourth-order valence-corrected chi connectivity index (χ4v) is 2.74. The third-order valence-corrected chi connectivity index (χ3v) is 3.51. The van der Waals surface area contributed by atoms with Gasteiger partial charge in [0.05, 0.1) is 12.0 Å². The lowest BCUT2D eigenvalue weighted by molar-refractivity contribution is -0.159. The summed E-state index contributed by atoms with van der Waals surface area (Å²) in [5, 5.41) is 10.1. The molecule has 0 radical (unpaired) electrons. The van der Waals surface area contributed by atoms with Crippen molar-refractivity contribution in [2.75, 3.05) is 11.5 Å². The molecular weight excluding hydrogens is 212 g/mol. The van der Waals surface area contributed by atoms with Gasteiger partial charge in [-0.05, 0) is 39.4 Å². The highest BCUT2D eigenvalue weighted by molar-refractivity contribution is 7.99. The molecule has 0 aromatic carbocycles. The molecule has 0 aromatic heterocycles. The predicted molar refractivity (Wildman–Crippen MR) is 62.0 cm³/mol. The van der Waals surface area contributed by atoms with E-state index >= 15 is 0 Å². The molecule has 1 rings (SSSR count). The third kappa shape index (κ3) is 4.89. The monoisotopic (exact) mass is 232 g/mol. The first-order chi connectivity index (χ1) is 6.81. The van der Waals surface area contributed by atoms with Crippen molar-refractivity contribution in [3.63, 3.8) is 0 Å². The van der Waals surface area contributed by atoms with Gasteiger partial charge in [0, 0.05) is 5.75 Å². The molecule has 4 heteroatoms. The lowest BCUT2D eigenvalue weighted by Gasteiger charge is -2.31. The first-order valence-corrected chi connectivity index (χ1v) is 6.48. The van der Waals surface area contributed by atoms with Crippen LogP contribution in [0.1, 0.15) is 40.0 Å². The Morgan fingerprint density at radius 2 is 2.20 bits per heavy atom. The number of thioether (sulfide) groups is 1. The number of rotatable bonds is 2. The molecule has 0 spiro atoms. The minimum Gasteiger partial charge on any atom is -0.460 e. The van der Waals surface area contributed by atoms with Gasteiger partial charge in [0.25, 0.3) is 0 Å². The summed E-state index contributed by atoms with van der Waals surface area (Å²) in [6.45, 7) is 5.51. The molecule has 0 aromatic rings. The van der Waals surface area contributed by atoms with Crippen LogP contribution in [0.25, 0.3) is 0 Å². The van der Waals surface area contributed by atoms with Gasteiger partial charge in [-0.1, -0.05) is 0 Å². The van der Waals surface area contributed by atoms with Crippen molar-refractivity contribution in [2.24, 2.45) is 0 Å². The molecule has 3 nitrogen and oxygen atoms in total. The molecule has 0 bridgehead atoms. The second-order valence-electron chi connectivity index (χ2n) is 5.14. The molecule has 1 atom stereocenters. The van der Waals surface area contributed by atoms with E-state index in [1.165, 1.54) is 0 Å². The van der Waals surface area contributed by atoms with Gasteiger partial charge < -0.3 is 9.84 Å².